The molecule has 0 fully saturated rings. The molecule has 1 rings (SSSR count). The molecule has 1 aromatic rings. The van der Waals surface area contributed by atoms with Gasteiger partial charge in [0.1, 0.15) is 5.60 Å². The average molecular weight is 440 g/mol. The minimum Gasteiger partial charge on any atom is -0.444 e. The predicted molar refractivity (Wildman–Crippen MR) is 126 cm³/mol. The van der Waals surface area contributed by atoms with E-state index in [9.17, 15) is 4.79 Å². The van der Waals surface area contributed by atoms with Crippen LogP contribution in [-0.2, 0) is 15.6 Å². The number of hydrogen-bond acceptors (Lipinski definition) is 3. The molecule has 29 heavy (non-hydrogen) atoms. The van der Waals surface area contributed by atoms with Crippen LogP contribution in [0, 0.1) is 0 Å². The Morgan fingerprint density at radius 1 is 1.21 bits per heavy atom. The van der Waals surface area contributed by atoms with Crippen LogP contribution < -0.4 is 5.32 Å². The Bertz CT molecular complexity index is 718. The molecule has 0 aliphatic heterocycles. The van der Waals surface area contributed by atoms with Crippen molar-refractivity contribution in [3.8, 4) is 0 Å². The molecule has 0 saturated heterocycles. The number of amides is 1. The number of carbonyl (C=O) groups is 1. The third-order valence-corrected chi connectivity index (χ3v) is 9.81. The van der Waals surface area contributed by atoms with E-state index in [1.54, 1.807) is 0 Å². The molecule has 0 unspecified atom stereocenters. The van der Waals surface area contributed by atoms with Crippen LogP contribution in [-0.4, -0.2) is 32.7 Å². The van der Waals surface area contributed by atoms with E-state index >= 15 is 0 Å². The van der Waals surface area contributed by atoms with Crippen molar-refractivity contribution in [1.82, 2.24) is 5.32 Å². The summed E-state index contributed by atoms with van der Waals surface area (Å²) in [5.74, 6) is 0. The number of hydrogen-bond donors (Lipinski definition) is 1. The van der Waals surface area contributed by atoms with Gasteiger partial charge in [-0.1, -0.05) is 50.6 Å². The summed E-state index contributed by atoms with van der Waals surface area (Å²) in [6.07, 6.45) is 4.44. The van der Waals surface area contributed by atoms with Gasteiger partial charge in [0.2, 0.25) is 0 Å². The largest absolute Gasteiger partial charge is 0.444 e. The normalized spacial score (nSPS) is 14.1. The first kappa shape index (κ1) is 25.7. The van der Waals surface area contributed by atoms with Gasteiger partial charge in [0.15, 0.2) is 8.32 Å². The Morgan fingerprint density at radius 2 is 1.83 bits per heavy atom. The van der Waals surface area contributed by atoms with Gasteiger partial charge >= 0.3 is 6.09 Å². The lowest BCUT2D eigenvalue weighted by molar-refractivity contribution is 0.0528. The van der Waals surface area contributed by atoms with E-state index in [1.165, 1.54) is 0 Å². The monoisotopic (exact) mass is 439 g/mol. The summed E-state index contributed by atoms with van der Waals surface area (Å²) in [5.41, 5.74) is 1.65. The van der Waals surface area contributed by atoms with Gasteiger partial charge in [-0.3, -0.25) is 0 Å². The SMILES string of the molecule is C[C@@H](/C=C/c1cc(Cl)ccc1CCNC(=O)OC(C)(C)C)O[Si](C)(C)C(C)(C)C. The van der Waals surface area contributed by atoms with Gasteiger partial charge in [0.05, 0.1) is 6.10 Å². The van der Waals surface area contributed by atoms with E-state index in [2.05, 4.69) is 58.3 Å². The Hall–Kier alpha value is -1.30. The topological polar surface area (TPSA) is 47.6 Å². The number of alkyl carbamates (subject to hydrolysis) is 1. The zero-order valence-corrected chi connectivity index (χ0v) is 21.2. The summed E-state index contributed by atoms with van der Waals surface area (Å²) in [4.78, 5) is 11.8. The molecule has 0 spiro atoms. The first-order valence-corrected chi connectivity index (χ1v) is 13.5. The molecule has 164 valence electrons. The first-order valence-electron chi connectivity index (χ1n) is 10.2. The van der Waals surface area contributed by atoms with Gasteiger partial charge in [0.25, 0.3) is 0 Å². The van der Waals surface area contributed by atoms with E-state index in [1.807, 2.05) is 39.0 Å². The number of ether oxygens (including phenoxy) is 1. The standard InChI is InChI=1S/C23H38ClNO3Si/c1-17(28-29(8,9)23(5,6)7)10-11-19-16-20(24)13-12-18(19)14-15-25-21(26)27-22(2,3)4/h10-13,16-17H,14-15H2,1-9H3,(H,25,26)/b11-10+/t17-/m0/s1. The van der Waals surface area contributed by atoms with E-state index in [0.29, 0.717) is 18.0 Å². The average Bonchev–Trinajstić information content (AvgIpc) is 2.51. The highest BCUT2D eigenvalue weighted by Gasteiger charge is 2.38. The van der Waals surface area contributed by atoms with Crippen LogP contribution in [0.5, 0.6) is 0 Å². The van der Waals surface area contributed by atoms with Crippen LogP contribution in [0.25, 0.3) is 6.08 Å². The minimum atomic E-state index is -1.82. The molecule has 0 bridgehead atoms. The number of benzene rings is 1. The van der Waals surface area contributed by atoms with E-state index in [-0.39, 0.29) is 11.1 Å². The fourth-order valence-electron chi connectivity index (χ4n) is 2.48. The van der Waals surface area contributed by atoms with Crippen LogP contribution in [0.1, 0.15) is 59.6 Å². The number of halogens is 1. The Kier molecular flexibility index (Phi) is 9.00. The van der Waals surface area contributed by atoms with Crippen LogP contribution >= 0.6 is 11.6 Å². The van der Waals surface area contributed by atoms with Crippen molar-refractivity contribution in [1.29, 1.82) is 0 Å². The van der Waals surface area contributed by atoms with Crippen molar-refractivity contribution in [3.63, 3.8) is 0 Å². The molecule has 1 aromatic carbocycles. The maximum Gasteiger partial charge on any atom is 0.407 e. The third-order valence-electron chi connectivity index (χ3n) is 5.00. The second-order valence-corrected chi connectivity index (χ2v) is 15.2. The third kappa shape index (κ3) is 9.37. The van der Waals surface area contributed by atoms with Crippen molar-refractivity contribution >= 4 is 32.1 Å². The molecular formula is C23H38ClNO3Si. The second kappa shape index (κ2) is 10.1. The zero-order chi connectivity index (χ0) is 22.5. The van der Waals surface area contributed by atoms with Crippen LogP contribution in [0.4, 0.5) is 4.79 Å². The lowest BCUT2D eigenvalue weighted by Gasteiger charge is -2.37. The summed E-state index contributed by atoms with van der Waals surface area (Å²) in [6, 6.07) is 5.81. The summed E-state index contributed by atoms with van der Waals surface area (Å²) in [5, 5.41) is 3.66. The molecule has 4 nitrogen and oxygen atoms in total. The fraction of sp³-hybridized carbons (Fsp3) is 0.609. The van der Waals surface area contributed by atoms with Crippen molar-refractivity contribution in [3.05, 3.63) is 40.4 Å². The first-order chi connectivity index (χ1) is 13.1. The molecule has 0 aliphatic carbocycles. The molecular weight excluding hydrogens is 402 g/mol. The highest BCUT2D eigenvalue weighted by atomic mass is 35.5. The fourth-order valence-corrected chi connectivity index (χ4v) is 4.02. The molecule has 1 atom stereocenters. The Balaban J connectivity index is 2.78. The lowest BCUT2D eigenvalue weighted by Crippen LogP contribution is -2.42. The van der Waals surface area contributed by atoms with Crippen LogP contribution in [0.2, 0.25) is 23.2 Å². The van der Waals surface area contributed by atoms with Crippen LogP contribution in [0.15, 0.2) is 24.3 Å². The maximum absolute atomic E-state index is 11.8. The van der Waals surface area contributed by atoms with Gasteiger partial charge in [-0.15, -0.1) is 0 Å². The number of nitrogens with one attached hydrogen (secondary N) is 1. The molecule has 0 radical (unpaired) electrons. The van der Waals surface area contributed by atoms with Crippen LogP contribution in [0.3, 0.4) is 0 Å². The predicted octanol–water partition coefficient (Wildman–Crippen LogP) is 6.83. The summed E-state index contributed by atoms with van der Waals surface area (Å²) >= 11 is 6.21. The lowest BCUT2D eigenvalue weighted by atomic mass is 10.0. The van der Waals surface area contributed by atoms with Crippen molar-refractivity contribution in [2.75, 3.05) is 6.54 Å². The van der Waals surface area contributed by atoms with Crippen molar-refractivity contribution < 1.29 is 14.0 Å². The van der Waals surface area contributed by atoms with Gasteiger partial charge in [-0.25, -0.2) is 4.79 Å². The van der Waals surface area contributed by atoms with Crippen molar-refractivity contribution in [2.45, 2.75) is 84.7 Å². The quantitative estimate of drug-likeness (QED) is 0.473. The van der Waals surface area contributed by atoms with Gasteiger partial charge in [-0.05, 0) is 75.5 Å². The highest BCUT2D eigenvalue weighted by Crippen LogP contribution is 2.37. The summed E-state index contributed by atoms with van der Waals surface area (Å²) in [7, 11) is -1.82. The molecule has 0 saturated carbocycles. The maximum atomic E-state index is 11.8. The number of rotatable bonds is 7. The molecule has 1 amide bonds. The summed E-state index contributed by atoms with van der Waals surface area (Å²) < 4.78 is 11.7. The molecule has 0 heterocycles. The van der Waals surface area contributed by atoms with Gasteiger partial charge < -0.3 is 14.5 Å². The van der Waals surface area contributed by atoms with E-state index in [4.69, 9.17) is 20.8 Å². The van der Waals surface area contributed by atoms with Crippen molar-refractivity contribution in [2.24, 2.45) is 0 Å². The Labute approximate surface area is 183 Å². The molecule has 0 aromatic heterocycles. The van der Waals surface area contributed by atoms with E-state index < -0.39 is 20.0 Å². The van der Waals surface area contributed by atoms with Gasteiger partial charge in [0, 0.05) is 11.6 Å². The van der Waals surface area contributed by atoms with Gasteiger partial charge in [-0.2, -0.15) is 0 Å². The minimum absolute atomic E-state index is 0.0163. The summed E-state index contributed by atoms with van der Waals surface area (Å²) in [6.45, 7) is 19.3. The van der Waals surface area contributed by atoms with E-state index in [0.717, 1.165) is 11.1 Å². The number of carbonyl (C=O) groups excluding carboxylic acids is 1. The molecule has 6 heteroatoms. The Morgan fingerprint density at radius 3 is 2.38 bits per heavy atom. The molecule has 1 N–H and O–H groups in total. The highest BCUT2D eigenvalue weighted by molar-refractivity contribution is 6.74. The molecule has 0 aliphatic rings. The zero-order valence-electron chi connectivity index (χ0n) is 19.5. The smallest absolute Gasteiger partial charge is 0.407 e. The second-order valence-electron chi connectivity index (χ2n) is 9.96.